The summed E-state index contributed by atoms with van der Waals surface area (Å²) in [6.45, 7) is 2.92. The second kappa shape index (κ2) is 5.52. The van der Waals surface area contributed by atoms with E-state index in [2.05, 4.69) is 0 Å². The van der Waals surface area contributed by atoms with Crippen LogP contribution in [-0.4, -0.2) is 47.9 Å². The number of thioether (sulfide) groups is 1. The zero-order valence-corrected chi connectivity index (χ0v) is 12.1. The van der Waals surface area contributed by atoms with Crippen molar-refractivity contribution in [3.63, 3.8) is 0 Å². The summed E-state index contributed by atoms with van der Waals surface area (Å²) in [7, 11) is -3.59. The first-order valence-electron chi connectivity index (χ1n) is 5.86. The highest BCUT2D eigenvalue weighted by atomic mass is 32.2. The lowest BCUT2D eigenvalue weighted by Gasteiger charge is -2.29. The van der Waals surface area contributed by atoms with Crippen LogP contribution in [0.5, 0.6) is 0 Å². The fourth-order valence-corrected chi connectivity index (χ4v) is 4.74. The van der Waals surface area contributed by atoms with Crippen LogP contribution < -0.4 is 0 Å². The van der Waals surface area contributed by atoms with E-state index in [0.717, 1.165) is 5.75 Å². The van der Waals surface area contributed by atoms with Crippen molar-refractivity contribution >= 4 is 27.8 Å². The van der Waals surface area contributed by atoms with E-state index in [1.807, 2.05) is 6.92 Å². The van der Waals surface area contributed by atoms with Crippen LogP contribution in [-0.2, 0) is 10.0 Å². The topological polar surface area (TPSA) is 74.7 Å². The summed E-state index contributed by atoms with van der Waals surface area (Å²) in [5.41, 5.74) is -0.0134. The highest BCUT2D eigenvalue weighted by Crippen LogP contribution is 2.24. The van der Waals surface area contributed by atoms with E-state index < -0.39 is 16.0 Å². The molecule has 0 radical (unpaired) electrons. The molecule has 0 bridgehead atoms. The Kier molecular flexibility index (Phi) is 4.17. The Morgan fingerprint density at radius 1 is 1.47 bits per heavy atom. The number of sulfonamides is 1. The molecule has 2 rings (SSSR count). The molecule has 19 heavy (non-hydrogen) atoms. The van der Waals surface area contributed by atoms with Crippen LogP contribution in [0.1, 0.15) is 17.3 Å². The highest BCUT2D eigenvalue weighted by Gasteiger charge is 2.29. The number of benzene rings is 1. The van der Waals surface area contributed by atoms with E-state index in [1.54, 1.807) is 11.8 Å². The number of carboxylic acid groups (broad SMARTS) is 1. The van der Waals surface area contributed by atoms with Crippen LogP contribution in [0.3, 0.4) is 0 Å². The SMILES string of the molecule is CC1CN(S(=O)(=O)c2cccc(C(=O)O)c2)CCS1. The zero-order chi connectivity index (χ0) is 14.0. The largest absolute Gasteiger partial charge is 0.478 e. The van der Waals surface area contributed by atoms with E-state index in [-0.39, 0.29) is 15.7 Å². The summed E-state index contributed by atoms with van der Waals surface area (Å²) in [5, 5.41) is 9.17. The summed E-state index contributed by atoms with van der Waals surface area (Å²) in [6.07, 6.45) is 0. The summed E-state index contributed by atoms with van der Waals surface area (Å²) < 4.78 is 26.3. The van der Waals surface area contributed by atoms with Gasteiger partial charge in [0.25, 0.3) is 0 Å². The van der Waals surface area contributed by atoms with E-state index in [9.17, 15) is 13.2 Å². The van der Waals surface area contributed by atoms with Crippen molar-refractivity contribution in [2.24, 2.45) is 0 Å². The molecule has 1 aliphatic rings. The average molecular weight is 301 g/mol. The van der Waals surface area contributed by atoms with Gasteiger partial charge in [-0.2, -0.15) is 16.1 Å². The molecule has 0 aromatic heterocycles. The van der Waals surface area contributed by atoms with Gasteiger partial charge in [0, 0.05) is 24.1 Å². The molecule has 104 valence electrons. The summed E-state index contributed by atoms with van der Waals surface area (Å²) in [5.74, 6) is -0.362. The van der Waals surface area contributed by atoms with Gasteiger partial charge in [-0.05, 0) is 18.2 Å². The molecule has 7 heteroatoms. The monoisotopic (exact) mass is 301 g/mol. The van der Waals surface area contributed by atoms with E-state index >= 15 is 0 Å². The molecule has 1 heterocycles. The van der Waals surface area contributed by atoms with Crippen LogP contribution >= 0.6 is 11.8 Å². The van der Waals surface area contributed by atoms with Gasteiger partial charge in [-0.25, -0.2) is 13.2 Å². The molecule has 1 fully saturated rings. The summed E-state index contributed by atoms with van der Waals surface area (Å²) in [4.78, 5) is 10.9. The van der Waals surface area contributed by atoms with Crippen molar-refractivity contribution in [3.05, 3.63) is 29.8 Å². The van der Waals surface area contributed by atoms with Gasteiger partial charge in [0.05, 0.1) is 10.5 Å². The minimum Gasteiger partial charge on any atom is -0.478 e. The maximum Gasteiger partial charge on any atom is 0.335 e. The van der Waals surface area contributed by atoms with Crippen molar-refractivity contribution < 1.29 is 18.3 Å². The van der Waals surface area contributed by atoms with Crippen LogP contribution in [0.25, 0.3) is 0 Å². The summed E-state index contributed by atoms with van der Waals surface area (Å²) >= 11 is 1.74. The predicted molar refractivity (Wildman–Crippen MR) is 74.1 cm³/mol. The fraction of sp³-hybridized carbons (Fsp3) is 0.417. The Hall–Kier alpha value is -1.05. The molecule has 1 atom stereocenters. The number of carbonyl (C=O) groups is 1. The lowest BCUT2D eigenvalue weighted by atomic mass is 10.2. The Labute approximate surface area is 116 Å². The van der Waals surface area contributed by atoms with Crippen molar-refractivity contribution in [2.75, 3.05) is 18.8 Å². The maximum absolute atomic E-state index is 12.4. The first-order valence-corrected chi connectivity index (χ1v) is 8.35. The predicted octanol–water partition coefficient (Wildman–Crippen LogP) is 1.51. The van der Waals surface area contributed by atoms with Gasteiger partial charge in [0.15, 0.2) is 0 Å². The van der Waals surface area contributed by atoms with Crippen molar-refractivity contribution in [3.8, 4) is 0 Å². The van der Waals surface area contributed by atoms with E-state index in [4.69, 9.17) is 5.11 Å². The molecule has 1 aromatic carbocycles. The number of hydrogen-bond donors (Lipinski definition) is 1. The van der Waals surface area contributed by atoms with Gasteiger partial charge < -0.3 is 5.11 Å². The molecule has 0 saturated carbocycles. The lowest BCUT2D eigenvalue weighted by Crippen LogP contribution is -2.40. The Balaban J connectivity index is 2.33. The molecule has 0 spiro atoms. The van der Waals surface area contributed by atoms with Crippen molar-refractivity contribution in [1.82, 2.24) is 4.31 Å². The normalized spacial score (nSPS) is 21.2. The molecule has 1 N–H and O–H groups in total. The van der Waals surface area contributed by atoms with Gasteiger partial charge >= 0.3 is 5.97 Å². The highest BCUT2D eigenvalue weighted by molar-refractivity contribution is 8.00. The summed E-state index contributed by atoms with van der Waals surface area (Å²) in [6, 6.07) is 5.49. The van der Waals surface area contributed by atoms with E-state index in [0.29, 0.717) is 13.1 Å². The number of rotatable bonds is 3. The van der Waals surface area contributed by atoms with Crippen LogP contribution in [0.2, 0.25) is 0 Å². The number of carboxylic acids is 1. The molecule has 0 amide bonds. The first-order chi connectivity index (χ1) is 8.91. The van der Waals surface area contributed by atoms with Gasteiger partial charge in [0.1, 0.15) is 0 Å². The molecular formula is C12H15NO4S2. The van der Waals surface area contributed by atoms with E-state index in [1.165, 1.54) is 28.6 Å². The third-order valence-corrected chi connectivity index (χ3v) is 5.92. The van der Waals surface area contributed by atoms with Gasteiger partial charge in [-0.15, -0.1) is 0 Å². The molecule has 1 saturated heterocycles. The van der Waals surface area contributed by atoms with Crippen LogP contribution in [0, 0.1) is 0 Å². The van der Waals surface area contributed by atoms with Gasteiger partial charge in [-0.1, -0.05) is 13.0 Å². The Morgan fingerprint density at radius 2 is 2.21 bits per heavy atom. The Bertz CT molecular complexity index is 585. The quantitative estimate of drug-likeness (QED) is 0.916. The third-order valence-electron chi connectivity index (χ3n) is 2.92. The third kappa shape index (κ3) is 3.10. The average Bonchev–Trinajstić information content (AvgIpc) is 2.39. The molecule has 1 aliphatic heterocycles. The zero-order valence-electron chi connectivity index (χ0n) is 10.4. The van der Waals surface area contributed by atoms with Crippen LogP contribution in [0.4, 0.5) is 0 Å². The number of nitrogens with zero attached hydrogens (tertiary/aromatic N) is 1. The second-order valence-electron chi connectivity index (χ2n) is 4.38. The molecular weight excluding hydrogens is 286 g/mol. The van der Waals surface area contributed by atoms with Crippen molar-refractivity contribution in [2.45, 2.75) is 17.1 Å². The van der Waals surface area contributed by atoms with Crippen LogP contribution in [0.15, 0.2) is 29.2 Å². The smallest absolute Gasteiger partial charge is 0.335 e. The lowest BCUT2D eigenvalue weighted by molar-refractivity contribution is 0.0696. The number of hydrogen-bond acceptors (Lipinski definition) is 4. The molecule has 0 aliphatic carbocycles. The minimum atomic E-state index is -3.59. The first kappa shape index (κ1) is 14.4. The second-order valence-corrected chi connectivity index (χ2v) is 7.86. The Morgan fingerprint density at radius 3 is 2.84 bits per heavy atom. The molecule has 1 unspecified atom stereocenters. The molecule has 1 aromatic rings. The fourth-order valence-electron chi connectivity index (χ4n) is 1.94. The molecule has 5 nitrogen and oxygen atoms in total. The standard InChI is InChI=1S/C12H15NO4S2/c1-9-8-13(5-6-18-9)19(16,17)11-4-2-3-10(7-11)12(14)15/h2-4,7,9H,5-6,8H2,1H3,(H,14,15). The van der Waals surface area contributed by atoms with Gasteiger partial charge in [-0.3, -0.25) is 0 Å². The maximum atomic E-state index is 12.4. The minimum absolute atomic E-state index is 0.0134. The van der Waals surface area contributed by atoms with Gasteiger partial charge in [0.2, 0.25) is 10.0 Å². The van der Waals surface area contributed by atoms with Crippen molar-refractivity contribution in [1.29, 1.82) is 0 Å². The number of aromatic carboxylic acids is 1.